The van der Waals surface area contributed by atoms with Crippen LogP contribution in [-0.2, 0) is 15.9 Å². The molecular formula is C18H26FNO3. The molecular weight excluding hydrogens is 297 g/mol. The second-order valence-corrected chi connectivity index (χ2v) is 5.79. The van der Waals surface area contributed by atoms with Crippen LogP contribution < -0.4 is 5.32 Å². The van der Waals surface area contributed by atoms with E-state index in [1.807, 2.05) is 13.8 Å². The zero-order valence-electron chi connectivity index (χ0n) is 13.9. The van der Waals surface area contributed by atoms with Gasteiger partial charge in [0.25, 0.3) is 5.91 Å². The van der Waals surface area contributed by atoms with E-state index in [9.17, 15) is 9.18 Å². The number of carbonyl (C=O) groups is 1. The number of hydrogen-bond acceptors (Lipinski definition) is 3. The van der Waals surface area contributed by atoms with Gasteiger partial charge in [0.1, 0.15) is 5.82 Å². The molecule has 128 valence electrons. The summed E-state index contributed by atoms with van der Waals surface area (Å²) in [5.41, 5.74) is 1.10. The van der Waals surface area contributed by atoms with Gasteiger partial charge in [-0.2, -0.15) is 0 Å². The number of nitrogens with one attached hydrogen (secondary N) is 1. The Morgan fingerprint density at radius 3 is 2.61 bits per heavy atom. The van der Waals surface area contributed by atoms with Crippen molar-refractivity contribution >= 4 is 5.91 Å². The van der Waals surface area contributed by atoms with Crippen molar-refractivity contribution in [2.45, 2.75) is 58.3 Å². The molecule has 23 heavy (non-hydrogen) atoms. The van der Waals surface area contributed by atoms with Gasteiger partial charge < -0.3 is 14.8 Å². The molecule has 0 aromatic heterocycles. The standard InChI is InChI=1S/C18H26FNO3/c1-3-22-17(23-4-2)7-5-6-13-12-14(8-11-16(13)19)18(21)20-15-9-10-15/h8,11-12,15,17H,3-7,9-10H2,1-2H3,(H,20,21). The first-order valence-electron chi connectivity index (χ1n) is 8.46. The van der Waals surface area contributed by atoms with Gasteiger partial charge in [-0.1, -0.05) is 0 Å². The molecule has 4 nitrogen and oxygen atoms in total. The lowest BCUT2D eigenvalue weighted by Crippen LogP contribution is -2.25. The van der Waals surface area contributed by atoms with Crippen molar-refractivity contribution < 1.29 is 18.7 Å². The minimum absolute atomic E-state index is 0.116. The summed E-state index contributed by atoms with van der Waals surface area (Å²) in [6, 6.07) is 4.87. The Balaban J connectivity index is 1.89. The highest BCUT2D eigenvalue weighted by Crippen LogP contribution is 2.20. The van der Waals surface area contributed by atoms with Crippen molar-refractivity contribution in [3.8, 4) is 0 Å². The minimum atomic E-state index is -0.266. The van der Waals surface area contributed by atoms with Crippen LogP contribution in [0.4, 0.5) is 4.39 Å². The van der Waals surface area contributed by atoms with Gasteiger partial charge in [0, 0.05) is 24.8 Å². The second kappa shape index (κ2) is 8.99. The normalized spacial score (nSPS) is 14.3. The van der Waals surface area contributed by atoms with Gasteiger partial charge in [-0.15, -0.1) is 0 Å². The molecule has 0 radical (unpaired) electrons. The summed E-state index contributed by atoms with van der Waals surface area (Å²) < 4.78 is 24.9. The van der Waals surface area contributed by atoms with Crippen LogP contribution >= 0.6 is 0 Å². The zero-order chi connectivity index (χ0) is 16.7. The van der Waals surface area contributed by atoms with Crippen molar-refractivity contribution in [2.24, 2.45) is 0 Å². The van der Waals surface area contributed by atoms with Gasteiger partial charge in [-0.3, -0.25) is 4.79 Å². The first kappa shape index (κ1) is 17.9. The smallest absolute Gasteiger partial charge is 0.251 e. The monoisotopic (exact) mass is 323 g/mol. The van der Waals surface area contributed by atoms with E-state index in [0.29, 0.717) is 43.2 Å². The lowest BCUT2D eigenvalue weighted by atomic mass is 10.0. The topological polar surface area (TPSA) is 47.6 Å². The second-order valence-electron chi connectivity index (χ2n) is 5.79. The van der Waals surface area contributed by atoms with E-state index in [1.54, 1.807) is 12.1 Å². The number of hydrogen-bond donors (Lipinski definition) is 1. The highest BCUT2D eigenvalue weighted by atomic mass is 19.1. The van der Waals surface area contributed by atoms with E-state index in [1.165, 1.54) is 6.07 Å². The Bertz CT molecular complexity index is 511. The molecule has 0 heterocycles. The number of carbonyl (C=O) groups excluding carboxylic acids is 1. The quantitative estimate of drug-likeness (QED) is 0.671. The molecule has 1 aromatic carbocycles. The van der Waals surface area contributed by atoms with Crippen LogP contribution in [0.15, 0.2) is 18.2 Å². The summed E-state index contributed by atoms with van der Waals surface area (Å²) >= 11 is 0. The van der Waals surface area contributed by atoms with Crippen molar-refractivity contribution in [1.82, 2.24) is 5.32 Å². The fraction of sp³-hybridized carbons (Fsp3) is 0.611. The molecule has 0 saturated heterocycles. The van der Waals surface area contributed by atoms with E-state index in [4.69, 9.17) is 9.47 Å². The van der Waals surface area contributed by atoms with Crippen LogP contribution in [-0.4, -0.2) is 31.5 Å². The zero-order valence-corrected chi connectivity index (χ0v) is 13.9. The molecule has 0 aliphatic heterocycles. The molecule has 0 atom stereocenters. The summed E-state index contributed by atoms with van der Waals surface area (Å²) in [7, 11) is 0. The van der Waals surface area contributed by atoms with E-state index >= 15 is 0 Å². The summed E-state index contributed by atoms with van der Waals surface area (Å²) in [6.45, 7) is 5.03. The predicted octanol–water partition coefficient (Wildman–Crippen LogP) is 3.44. The van der Waals surface area contributed by atoms with Crippen LogP contribution in [0.1, 0.15) is 55.5 Å². The predicted molar refractivity (Wildman–Crippen MR) is 86.9 cm³/mol. The molecule has 0 spiro atoms. The highest BCUT2D eigenvalue weighted by molar-refractivity contribution is 5.94. The average molecular weight is 323 g/mol. The van der Waals surface area contributed by atoms with Gasteiger partial charge >= 0.3 is 0 Å². The molecule has 0 unspecified atom stereocenters. The SMILES string of the molecule is CCOC(CCCc1cc(C(=O)NC2CC2)ccc1F)OCC. The molecule has 0 bridgehead atoms. The van der Waals surface area contributed by atoms with Crippen LogP contribution in [0, 0.1) is 5.82 Å². The van der Waals surface area contributed by atoms with Gasteiger partial charge in [-0.25, -0.2) is 4.39 Å². The number of aryl methyl sites for hydroxylation is 1. The number of halogens is 1. The average Bonchev–Trinajstić information content (AvgIpc) is 3.33. The van der Waals surface area contributed by atoms with E-state index in [2.05, 4.69) is 5.32 Å². The summed E-state index contributed by atoms with van der Waals surface area (Å²) in [4.78, 5) is 12.0. The molecule has 1 amide bonds. The molecule has 2 rings (SSSR count). The fourth-order valence-corrected chi connectivity index (χ4v) is 2.45. The molecule has 1 N–H and O–H groups in total. The summed E-state index contributed by atoms with van der Waals surface area (Å²) in [6.07, 6.45) is 3.85. The number of benzene rings is 1. The largest absolute Gasteiger partial charge is 0.353 e. The fourth-order valence-electron chi connectivity index (χ4n) is 2.45. The van der Waals surface area contributed by atoms with Gasteiger partial charge in [0.05, 0.1) is 0 Å². The Hall–Kier alpha value is -1.46. The molecule has 1 aromatic rings. The van der Waals surface area contributed by atoms with Gasteiger partial charge in [-0.05, 0) is 69.7 Å². The van der Waals surface area contributed by atoms with Crippen molar-refractivity contribution in [2.75, 3.05) is 13.2 Å². The number of amides is 1. The lowest BCUT2D eigenvalue weighted by Gasteiger charge is -2.16. The third-order valence-electron chi connectivity index (χ3n) is 3.81. The van der Waals surface area contributed by atoms with Crippen LogP contribution in [0.3, 0.4) is 0 Å². The first-order valence-corrected chi connectivity index (χ1v) is 8.46. The van der Waals surface area contributed by atoms with Crippen molar-refractivity contribution in [3.63, 3.8) is 0 Å². The number of ether oxygens (including phenoxy) is 2. The van der Waals surface area contributed by atoms with Gasteiger partial charge in [0.2, 0.25) is 0 Å². The molecule has 1 fully saturated rings. The van der Waals surface area contributed by atoms with Crippen LogP contribution in [0.25, 0.3) is 0 Å². The van der Waals surface area contributed by atoms with Crippen LogP contribution in [0.2, 0.25) is 0 Å². The van der Waals surface area contributed by atoms with E-state index in [0.717, 1.165) is 19.3 Å². The minimum Gasteiger partial charge on any atom is -0.353 e. The first-order chi connectivity index (χ1) is 11.1. The third-order valence-corrected chi connectivity index (χ3v) is 3.81. The Labute approximate surface area is 137 Å². The van der Waals surface area contributed by atoms with Gasteiger partial charge in [0.15, 0.2) is 6.29 Å². The Morgan fingerprint density at radius 2 is 2.00 bits per heavy atom. The Morgan fingerprint density at radius 1 is 1.30 bits per heavy atom. The molecule has 1 aliphatic carbocycles. The Kier molecular flexibility index (Phi) is 6.99. The van der Waals surface area contributed by atoms with E-state index in [-0.39, 0.29) is 18.0 Å². The maximum Gasteiger partial charge on any atom is 0.251 e. The lowest BCUT2D eigenvalue weighted by molar-refractivity contribution is -0.140. The van der Waals surface area contributed by atoms with Crippen molar-refractivity contribution in [3.05, 3.63) is 35.1 Å². The maximum absolute atomic E-state index is 13.9. The third kappa shape index (κ3) is 5.92. The van der Waals surface area contributed by atoms with E-state index < -0.39 is 0 Å². The summed E-state index contributed by atoms with van der Waals surface area (Å²) in [5.74, 6) is -0.382. The summed E-state index contributed by atoms with van der Waals surface area (Å²) in [5, 5.41) is 2.92. The van der Waals surface area contributed by atoms with Crippen molar-refractivity contribution in [1.29, 1.82) is 0 Å². The highest BCUT2D eigenvalue weighted by Gasteiger charge is 2.24. The van der Waals surface area contributed by atoms with Crippen LogP contribution in [0.5, 0.6) is 0 Å². The number of rotatable bonds is 10. The molecule has 5 heteroatoms. The molecule has 1 saturated carbocycles. The maximum atomic E-state index is 13.9. The molecule has 1 aliphatic rings.